The Morgan fingerprint density at radius 2 is 2.10 bits per heavy atom. The van der Waals surface area contributed by atoms with E-state index in [1.165, 1.54) is 6.07 Å². The van der Waals surface area contributed by atoms with Crippen LogP contribution in [0.2, 0.25) is 0 Å². The van der Waals surface area contributed by atoms with Gasteiger partial charge in [0.05, 0.1) is 4.90 Å². The Bertz CT molecular complexity index is 646. The first-order chi connectivity index (χ1) is 9.77. The molecule has 1 aromatic rings. The summed E-state index contributed by atoms with van der Waals surface area (Å²) in [6.45, 7) is 1.95. The van der Waals surface area contributed by atoms with E-state index in [1.807, 2.05) is 6.92 Å². The summed E-state index contributed by atoms with van der Waals surface area (Å²) in [5.41, 5.74) is -1.41. The number of nitrogens with one attached hydrogen (secondary N) is 1. The van der Waals surface area contributed by atoms with Crippen LogP contribution in [0.15, 0.2) is 33.6 Å². The maximum Gasteiger partial charge on any atom is 0.324 e. The predicted octanol–water partition coefficient (Wildman–Crippen LogP) is 2.76. The Balaban J connectivity index is 2.37. The minimum absolute atomic E-state index is 0.0591. The molecule has 1 aliphatic carbocycles. The van der Waals surface area contributed by atoms with Gasteiger partial charge in [-0.05, 0) is 46.8 Å². The molecule has 2 unspecified atom stereocenters. The highest BCUT2D eigenvalue weighted by Gasteiger charge is 2.45. The van der Waals surface area contributed by atoms with Gasteiger partial charge in [-0.25, -0.2) is 8.42 Å². The third-order valence-electron chi connectivity index (χ3n) is 3.86. The molecule has 0 heterocycles. The molecule has 0 radical (unpaired) electrons. The average molecular weight is 376 g/mol. The number of benzene rings is 1. The molecule has 5 nitrogen and oxygen atoms in total. The minimum Gasteiger partial charge on any atom is -0.480 e. The van der Waals surface area contributed by atoms with Crippen molar-refractivity contribution in [3.05, 3.63) is 28.7 Å². The van der Waals surface area contributed by atoms with E-state index < -0.39 is 21.5 Å². The first kappa shape index (κ1) is 16.5. The number of sulfonamides is 1. The zero-order valence-electron chi connectivity index (χ0n) is 11.7. The lowest BCUT2D eigenvalue weighted by atomic mass is 9.77. The van der Waals surface area contributed by atoms with Crippen LogP contribution in [0.4, 0.5) is 0 Å². The van der Waals surface area contributed by atoms with E-state index in [0.717, 1.165) is 6.42 Å². The molecule has 0 saturated heterocycles. The molecule has 7 heteroatoms. The Labute approximate surface area is 132 Å². The van der Waals surface area contributed by atoms with E-state index in [9.17, 15) is 18.3 Å². The number of hydrogen-bond donors (Lipinski definition) is 2. The van der Waals surface area contributed by atoms with Crippen molar-refractivity contribution in [3.63, 3.8) is 0 Å². The lowest BCUT2D eigenvalue weighted by Crippen LogP contribution is -2.56. The molecule has 2 atom stereocenters. The zero-order chi connectivity index (χ0) is 15.7. The van der Waals surface area contributed by atoms with Crippen LogP contribution in [0.5, 0.6) is 0 Å². The van der Waals surface area contributed by atoms with Crippen molar-refractivity contribution in [1.29, 1.82) is 0 Å². The van der Waals surface area contributed by atoms with E-state index in [2.05, 4.69) is 20.7 Å². The standard InChI is InChI=1S/C14H18BrNO4S/c1-10-5-4-8-14(9-10,13(17)18)16-21(19,20)12-7-3-2-6-11(12)15/h2-3,6-7,10,16H,4-5,8-9H2,1H3,(H,17,18). The van der Waals surface area contributed by atoms with Crippen LogP contribution in [0.1, 0.15) is 32.6 Å². The first-order valence-electron chi connectivity index (χ1n) is 6.79. The molecule has 0 aliphatic heterocycles. The maximum absolute atomic E-state index is 12.5. The number of rotatable bonds is 4. The Kier molecular flexibility index (Phi) is 4.75. The fraction of sp³-hybridized carbons (Fsp3) is 0.500. The molecule has 2 rings (SSSR count). The maximum atomic E-state index is 12.5. The normalized spacial score (nSPS) is 26.5. The van der Waals surface area contributed by atoms with Crippen LogP contribution in [0.3, 0.4) is 0 Å². The molecule has 0 spiro atoms. The number of carboxylic acids is 1. The largest absolute Gasteiger partial charge is 0.480 e. The lowest BCUT2D eigenvalue weighted by molar-refractivity contribution is -0.146. The van der Waals surface area contributed by atoms with E-state index >= 15 is 0 Å². The summed E-state index contributed by atoms with van der Waals surface area (Å²) in [6.07, 6.45) is 2.25. The van der Waals surface area contributed by atoms with Crippen molar-refractivity contribution in [2.45, 2.75) is 43.0 Å². The molecule has 1 aromatic carbocycles. The molecule has 0 amide bonds. The van der Waals surface area contributed by atoms with Gasteiger partial charge in [-0.2, -0.15) is 4.72 Å². The van der Waals surface area contributed by atoms with Crippen LogP contribution >= 0.6 is 15.9 Å². The third-order valence-corrected chi connectivity index (χ3v) is 6.41. The van der Waals surface area contributed by atoms with Crippen molar-refractivity contribution in [1.82, 2.24) is 4.72 Å². The summed E-state index contributed by atoms with van der Waals surface area (Å²) in [6, 6.07) is 6.38. The number of carbonyl (C=O) groups is 1. The van der Waals surface area contributed by atoms with E-state index in [4.69, 9.17) is 0 Å². The van der Waals surface area contributed by atoms with Gasteiger partial charge >= 0.3 is 5.97 Å². The third kappa shape index (κ3) is 3.46. The molecule has 116 valence electrons. The van der Waals surface area contributed by atoms with Crippen molar-refractivity contribution >= 4 is 31.9 Å². The van der Waals surface area contributed by atoms with Crippen molar-refractivity contribution in [2.24, 2.45) is 5.92 Å². The second kappa shape index (κ2) is 6.06. The number of aliphatic carboxylic acids is 1. The predicted molar refractivity (Wildman–Crippen MR) is 82.5 cm³/mol. The van der Waals surface area contributed by atoms with E-state index in [1.54, 1.807) is 18.2 Å². The Morgan fingerprint density at radius 3 is 2.67 bits per heavy atom. The Hall–Kier alpha value is -0.920. The van der Waals surface area contributed by atoms with Gasteiger partial charge in [0.1, 0.15) is 5.54 Å². The molecule has 1 saturated carbocycles. The van der Waals surface area contributed by atoms with Crippen molar-refractivity contribution in [2.75, 3.05) is 0 Å². The van der Waals surface area contributed by atoms with Crippen LogP contribution in [-0.2, 0) is 14.8 Å². The molecule has 2 N–H and O–H groups in total. The summed E-state index contributed by atoms with van der Waals surface area (Å²) in [7, 11) is -3.90. The highest BCUT2D eigenvalue weighted by Crippen LogP contribution is 2.34. The zero-order valence-corrected chi connectivity index (χ0v) is 14.1. The monoisotopic (exact) mass is 375 g/mol. The topological polar surface area (TPSA) is 83.5 Å². The number of halogens is 1. The summed E-state index contributed by atoms with van der Waals surface area (Å²) in [5.74, 6) is -0.929. The smallest absolute Gasteiger partial charge is 0.324 e. The SMILES string of the molecule is CC1CCCC(NS(=O)(=O)c2ccccc2Br)(C(=O)O)C1. The van der Waals surface area contributed by atoms with Crippen LogP contribution in [-0.4, -0.2) is 25.0 Å². The molecule has 1 aliphatic rings. The second-order valence-electron chi connectivity index (χ2n) is 5.62. The van der Waals surface area contributed by atoms with Gasteiger partial charge in [-0.15, -0.1) is 0 Å². The van der Waals surface area contributed by atoms with Gasteiger partial charge < -0.3 is 5.11 Å². The van der Waals surface area contributed by atoms with Gasteiger partial charge in [0.2, 0.25) is 10.0 Å². The molecule has 0 aromatic heterocycles. The molecular formula is C14H18BrNO4S. The van der Waals surface area contributed by atoms with Gasteiger partial charge in [-0.1, -0.05) is 31.9 Å². The Morgan fingerprint density at radius 1 is 1.43 bits per heavy atom. The molecular weight excluding hydrogens is 358 g/mol. The lowest BCUT2D eigenvalue weighted by Gasteiger charge is -2.36. The molecule has 21 heavy (non-hydrogen) atoms. The van der Waals surface area contributed by atoms with Crippen molar-refractivity contribution < 1.29 is 18.3 Å². The fourth-order valence-corrected chi connectivity index (χ4v) is 5.26. The fourth-order valence-electron chi connectivity index (χ4n) is 2.86. The summed E-state index contributed by atoms with van der Waals surface area (Å²) in [4.78, 5) is 11.7. The quantitative estimate of drug-likeness (QED) is 0.847. The van der Waals surface area contributed by atoms with Gasteiger partial charge in [-0.3, -0.25) is 4.79 Å². The minimum atomic E-state index is -3.90. The van der Waals surface area contributed by atoms with Crippen molar-refractivity contribution in [3.8, 4) is 0 Å². The number of hydrogen-bond acceptors (Lipinski definition) is 3. The number of carboxylic acid groups (broad SMARTS) is 1. The van der Waals surface area contributed by atoms with Gasteiger partial charge in [0, 0.05) is 4.47 Å². The van der Waals surface area contributed by atoms with E-state index in [-0.39, 0.29) is 10.8 Å². The summed E-state index contributed by atoms with van der Waals surface area (Å²) < 4.78 is 27.9. The highest BCUT2D eigenvalue weighted by molar-refractivity contribution is 9.10. The van der Waals surface area contributed by atoms with Crippen LogP contribution in [0, 0.1) is 5.92 Å². The first-order valence-corrected chi connectivity index (χ1v) is 9.06. The summed E-state index contributed by atoms with van der Waals surface area (Å²) >= 11 is 3.20. The van der Waals surface area contributed by atoms with Crippen LogP contribution < -0.4 is 4.72 Å². The molecule has 1 fully saturated rings. The second-order valence-corrected chi connectivity index (χ2v) is 8.13. The molecule has 0 bridgehead atoms. The van der Waals surface area contributed by atoms with E-state index in [0.29, 0.717) is 23.7 Å². The van der Waals surface area contributed by atoms with Crippen LogP contribution in [0.25, 0.3) is 0 Å². The van der Waals surface area contributed by atoms with Gasteiger partial charge in [0.15, 0.2) is 0 Å². The van der Waals surface area contributed by atoms with Gasteiger partial charge in [0.25, 0.3) is 0 Å². The summed E-state index contributed by atoms with van der Waals surface area (Å²) in [5, 5.41) is 9.55. The average Bonchev–Trinajstić information content (AvgIpc) is 2.38. The highest BCUT2D eigenvalue weighted by atomic mass is 79.9.